The van der Waals surface area contributed by atoms with Gasteiger partial charge in [0.25, 0.3) is 5.91 Å². The first-order valence-corrected chi connectivity index (χ1v) is 11.5. The van der Waals surface area contributed by atoms with Crippen LogP contribution in [0.3, 0.4) is 0 Å². The second-order valence-electron chi connectivity index (χ2n) is 8.52. The molecule has 0 saturated carbocycles. The standard InChI is InChI=1S/C25H33N5O3/c1-5-19(26-6-2)23(31)29-21(16(3)4)25(33)30-20(15-17-11-10-14-27-22(17)30)24(32)28-18-12-8-7-9-13-18/h7-14,16,19-21,26H,5-6,15H2,1-4H3,(H,28,32)(H,29,31)/t19-,20-,21-/m0/s1. The molecule has 1 aromatic carbocycles. The number of nitrogens with zero attached hydrogens (tertiary/aromatic N) is 2. The highest BCUT2D eigenvalue weighted by atomic mass is 16.2. The van der Waals surface area contributed by atoms with Gasteiger partial charge in [0.2, 0.25) is 11.8 Å². The molecular formula is C25H33N5O3. The monoisotopic (exact) mass is 451 g/mol. The smallest absolute Gasteiger partial charge is 0.251 e. The molecule has 8 heteroatoms. The number of pyridine rings is 1. The Morgan fingerprint density at radius 3 is 2.45 bits per heavy atom. The van der Waals surface area contributed by atoms with E-state index in [1.54, 1.807) is 24.4 Å². The van der Waals surface area contributed by atoms with Crippen LogP contribution in [0.1, 0.15) is 39.7 Å². The van der Waals surface area contributed by atoms with E-state index in [0.717, 1.165) is 5.56 Å². The van der Waals surface area contributed by atoms with E-state index in [1.807, 2.05) is 52.0 Å². The minimum atomic E-state index is -0.787. The second-order valence-corrected chi connectivity index (χ2v) is 8.52. The highest BCUT2D eigenvalue weighted by Crippen LogP contribution is 2.32. The molecule has 1 aromatic heterocycles. The number of anilines is 2. The maximum Gasteiger partial charge on any atom is 0.251 e. The normalized spacial score (nSPS) is 16.8. The quantitative estimate of drug-likeness (QED) is 0.544. The van der Waals surface area contributed by atoms with Gasteiger partial charge in [-0.1, -0.05) is 52.0 Å². The summed E-state index contributed by atoms with van der Waals surface area (Å²) in [6.45, 7) is 8.27. The number of nitrogens with one attached hydrogen (secondary N) is 3. The van der Waals surface area contributed by atoms with Crippen LogP contribution in [-0.4, -0.2) is 47.4 Å². The fourth-order valence-corrected chi connectivity index (χ4v) is 4.05. The maximum absolute atomic E-state index is 13.8. The van der Waals surface area contributed by atoms with E-state index in [1.165, 1.54) is 4.90 Å². The molecule has 3 amide bonds. The molecule has 0 spiro atoms. The number of hydrogen-bond donors (Lipinski definition) is 3. The number of fused-ring (bicyclic) bond motifs is 1. The number of benzene rings is 1. The zero-order valence-electron chi connectivity index (χ0n) is 19.7. The molecule has 3 rings (SSSR count). The van der Waals surface area contributed by atoms with Crippen molar-refractivity contribution < 1.29 is 14.4 Å². The van der Waals surface area contributed by atoms with Gasteiger partial charge in [0.15, 0.2) is 0 Å². The third-order valence-electron chi connectivity index (χ3n) is 5.81. The van der Waals surface area contributed by atoms with Crippen molar-refractivity contribution in [1.29, 1.82) is 0 Å². The Morgan fingerprint density at radius 1 is 1.09 bits per heavy atom. The fraction of sp³-hybridized carbons (Fsp3) is 0.440. The summed E-state index contributed by atoms with van der Waals surface area (Å²) in [5.74, 6) is -0.562. The number of hydrogen-bond acceptors (Lipinski definition) is 5. The van der Waals surface area contributed by atoms with Crippen molar-refractivity contribution >= 4 is 29.2 Å². The van der Waals surface area contributed by atoms with Crippen molar-refractivity contribution in [3.63, 3.8) is 0 Å². The average Bonchev–Trinajstić information content (AvgIpc) is 3.20. The Labute approximate surface area is 195 Å². The first kappa shape index (κ1) is 24.4. The highest BCUT2D eigenvalue weighted by molar-refractivity contribution is 6.09. The van der Waals surface area contributed by atoms with E-state index in [4.69, 9.17) is 0 Å². The van der Waals surface area contributed by atoms with Crippen LogP contribution in [-0.2, 0) is 20.8 Å². The fourth-order valence-electron chi connectivity index (χ4n) is 4.05. The van der Waals surface area contributed by atoms with Crippen LogP contribution in [0.5, 0.6) is 0 Å². The maximum atomic E-state index is 13.8. The molecule has 33 heavy (non-hydrogen) atoms. The molecule has 2 heterocycles. The van der Waals surface area contributed by atoms with Crippen LogP contribution in [0.15, 0.2) is 48.7 Å². The van der Waals surface area contributed by atoms with E-state index >= 15 is 0 Å². The largest absolute Gasteiger partial charge is 0.343 e. The Kier molecular flexibility index (Phi) is 8.16. The minimum absolute atomic E-state index is 0.175. The van der Waals surface area contributed by atoms with Crippen LogP contribution < -0.4 is 20.9 Å². The molecule has 1 aliphatic rings. The molecule has 0 radical (unpaired) electrons. The van der Waals surface area contributed by atoms with Gasteiger partial charge in [-0.05, 0) is 42.6 Å². The summed E-state index contributed by atoms with van der Waals surface area (Å²) in [5.41, 5.74) is 1.48. The first-order valence-electron chi connectivity index (χ1n) is 11.5. The summed E-state index contributed by atoms with van der Waals surface area (Å²) in [4.78, 5) is 45.7. The number of carbonyl (C=O) groups excluding carboxylic acids is 3. The zero-order chi connectivity index (χ0) is 24.0. The minimum Gasteiger partial charge on any atom is -0.343 e. The lowest BCUT2D eigenvalue weighted by Gasteiger charge is -2.31. The van der Waals surface area contributed by atoms with E-state index in [-0.39, 0.29) is 29.7 Å². The molecule has 2 aromatic rings. The highest BCUT2D eigenvalue weighted by Gasteiger charge is 2.43. The van der Waals surface area contributed by atoms with E-state index < -0.39 is 12.1 Å². The van der Waals surface area contributed by atoms with Crippen molar-refractivity contribution in [1.82, 2.24) is 15.6 Å². The van der Waals surface area contributed by atoms with E-state index in [9.17, 15) is 14.4 Å². The average molecular weight is 452 g/mol. The SMILES string of the molecule is CCN[C@@H](CC)C(=O)N[C@H](C(=O)N1c2ncccc2C[C@H]1C(=O)Nc1ccccc1)C(C)C. The summed E-state index contributed by atoms with van der Waals surface area (Å²) in [5, 5.41) is 8.96. The van der Waals surface area contributed by atoms with Gasteiger partial charge in [0.1, 0.15) is 17.9 Å². The first-order chi connectivity index (χ1) is 15.9. The summed E-state index contributed by atoms with van der Waals surface area (Å²) in [6.07, 6.45) is 2.58. The van der Waals surface area contributed by atoms with Crippen molar-refractivity contribution in [2.45, 2.75) is 58.7 Å². The van der Waals surface area contributed by atoms with Gasteiger partial charge in [-0.25, -0.2) is 4.98 Å². The molecule has 8 nitrogen and oxygen atoms in total. The second kappa shape index (κ2) is 11.0. The van der Waals surface area contributed by atoms with Gasteiger partial charge < -0.3 is 16.0 Å². The third kappa shape index (κ3) is 5.57. The molecule has 3 atom stereocenters. The number of rotatable bonds is 9. The number of para-hydroxylation sites is 1. The van der Waals surface area contributed by atoms with E-state index in [0.29, 0.717) is 30.9 Å². The Morgan fingerprint density at radius 2 is 1.82 bits per heavy atom. The molecule has 1 aliphatic heterocycles. The zero-order valence-corrected chi connectivity index (χ0v) is 19.7. The van der Waals surface area contributed by atoms with Crippen LogP contribution in [0.2, 0.25) is 0 Å². The summed E-state index contributed by atoms with van der Waals surface area (Å²) < 4.78 is 0. The molecule has 0 aliphatic carbocycles. The Balaban J connectivity index is 1.88. The van der Waals surface area contributed by atoms with Crippen LogP contribution >= 0.6 is 0 Å². The lowest BCUT2D eigenvalue weighted by atomic mass is 10.0. The molecule has 0 bridgehead atoms. The third-order valence-corrected chi connectivity index (χ3v) is 5.81. The molecule has 0 saturated heterocycles. The summed E-state index contributed by atoms with van der Waals surface area (Å²) in [7, 11) is 0. The van der Waals surface area contributed by atoms with E-state index in [2.05, 4.69) is 20.9 Å². The van der Waals surface area contributed by atoms with Crippen LogP contribution in [0.25, 0.3) is 0 Å². The molecule has 0 unspecified atom stereocenters. The van der Waals surface area contributed by atoms with Gasteiger partial charge in [0.05, 0.1) is 6.04 Å². The van der Waals surface area contributed by atoms with Gasteiger partial charge >= 0.3 is 0 Å². The molecular weight excluding hydrogens is 418 g/mol. The van der Waals surface area contributed by atoms with Gasteiger partial charge in [-0.15, -0.1) is 0 Å². The van der Waals surface area contributed by atoms with Crippen molar-refractivity contribution in [2.75, 3.05) is 16.8 Å². The Hall–Kier alpha value is -3.26. The Bertz CT molecular complexity index is 979. The summed E-state index contributed by atoms with van der Waals surface area (Å²) >= 11 is 0. The lowest BCUT2D eigenvalue weighted by Crippen LogP contribution is -2.58. The number of amides is 3. The predicted octanol–water partition coefficient (Wildman–Crippen LogP) is 2.51. The van der Waals surface area contributed by atoms with Gasteiger partial charge in [0, 0.05) is 18.3 Å². The van der Waals surface area contributed by atoms with Crippen molar-refractivity contribution in [2.24, 2.45) is 5.92 Å². The number of likely N-dealkylation sites (N-methyl/N-ethyl adjacent to an activating group) is 1. The lowest BCUT2D eigenvalue weighted by molar-refractivity contribution is -0.130. The number of carbonyl (C=O) groups is 3. The van der Waals surface area contributed by atoms with Crippen molar-refractivity contribution in [3.8, 4) is 0 Å². The molecule has 176 valence electrons. The van der Waals surface area contributed by atoms with Crippen LogP contribution in [0.4, 0.5) is 11.5 Å². The van der Waals surface area contributed by atoms with Crippen LogP contribution in [0, 0.1) is 5.92 Å². The molecule has 3 N–H and O–H groups in total. The van der Waals surface area contributed by atoms with Crippen molar-refractivity contribution in [3.05, 3.63) is 54.2 Å². The predicted molar refractivity (Wildman–Crippen MR) is 129 cm³/mol. The van der Waals surface area contributed by atoms with Gasteiger partial charge in [-0.2, -0.15) is 0 Å². The molecule has 0 fully saturated rings. The van der Waals surface area contributed by atoms with Gasteiger partial charge in [-0.3, -0.25) is 19.3 Å². The number of aromatic nitrogens is 1. The summed E-state index contributed by atoms with van der Waals surface area (Å²) in [6, 6.07) is 10.9. The topological polar surface area (TPSA) is 103 Å².